The zero-order valence-corrected chi connectivity index (χ0v) is 26.9. The highest BCUT2D eigenvalue weighted by atomic mass is 31.2. The van der Waals surface area contributed by atoms with E-state index in [1.165, 1.54) is 6.08 Å². The highest BCUT2D eigenvalue weighted by molar-refractivity contribution is 7.48. The summed E-state index contributed by atoms with van der Waals surface area (Å²) in [4.78, 5) is 16.7. The van der Waals surface area contributed by atoms with E-state index in [2.05, 4.69) is 18.0 Å². The highest BCUT2D eigenvalue weighted by Crippen LogP contribution is 2.55. The Balaban J connectivity index is 1.84. The molecule has 2 aromatic heterocycles. The second-order valence-electron chi connectivity index (χ2n) is 12.1. The van der Waals surface area contributed by atoms with Crippen LogP contribution in [0.5, 0.6) is 5.75 Å². The summed E-state index contributed by atoms with van der Waals surface area (Å²) in [6.45, 7) is 14.0. The van der Waals surface area contributed by atoms with Gasteiger partial charge in [0.2, 0.25) is 5.91 Å². The number of nitrogens with one attached hydrogen (secondary N) is 1. The molecule has 4 rings (SSSR count). The van der Waals surface area contributed by atoms with Crippen molar-refractivity contribution >= 4 is 30.5 Å². The number of carbonyl (C=O) groups excluding carboxylic acids is 1. The molecule has 0 radical (unpaired) electrons. The summed E-state index contributed by atoms with van der Waals surface area (Å²) in [7, 11) is -2.47. The van der Waals surface area contributed by atoms with Crippen molar-refractivity contribution in [3.05, 3.63) is 79.1 Å². The summed E-state index contributed by atoms with van der Waals surface area (Å²) in [5, 5.41) is 13.1. The number of phosphoric acid groups is 1. The van der Waals surface area contributed by atoms with Crippen LogP contribution in [0.4, 0.5) is 5.69 Å². The number of benzene rings is 2. The lowest BCUT2D eigenvalue weighted by Gasteiger charge is -2.30. The number of nitriles is 1. The molecular weight excluding hydrogens is 579 g/mol. The van der Waals surface area contributed by atoms with E-state index < -0.39 is 19.0 Å². The number of rotatable bonds is 10. The van der Waals surface area contributed by atoms with Gasteiger partial charge in [-0.1, -0.05) is 18.7 Å². The Bertz CT molecular complexity index is 1770. The van der Waals surface area contributed by atoms with Crippen LogP contribution in [0.25, 0.3) is 33.3 Å². The smallest absolute Gasteiger partial charge is 0.477 e. The van der Waals surface area contributed by atoms with Crippen LogP contribution in [0.1, 0.15) is 47.1 Å². The lowest BCUT2D eigenvalue weighted by Crippen LogP contribution is -2.25. The van der Waals surface area contributed by atoms with Crippen LogP contribution in [0, 0.1) is 11.3 Å². The van der Waals surface area contributed by atoms with Crippen molar-refractivity contribution in [1.82, 2.24) is 9.55 Å². The first kappa shape index (κ1) is 32.6. The Morgan fingerprint density at radius 3 is 2.36 bits per heavy atom. The fourth-order valence-electron chi connectivity index (χ4n) is 4.44. The van der Waals surface area contributed by atoms with Crippen molar-refractivity contribution in [2.24, 2.45) is 0 Å². The molecule has 0 unspecified atom stereocenters. The van der Waals surface area contributed by atoms with Gasteiger partial charge >= 0.3 is 7.82 Å². The highest BCUT2D eigenvalue weighted by Gasteiger charge is 2.37. The van der Waals surface area contributed by atoms with Crippen molar-refractivity contribution in [3.63, 3.8) is 0 Å². The Labute approximate surface area is 257 Å². The molecular formula is C33H37N4O6P. The molecule has 44 heavy (non-hydrogen) atoms. The standard InChI is InChI=1S/C33H37N4O6P/c1-9-30(38)36-26-14-24(15-27(17-26)40-8)25-16-28-29(23-12-10-11-22(13-23)18-34)20-37(31(28)35-19-25)21-41-44(39,42-32(2,3)4)43-33(5,6)7/h9-17,19-20H,1,21H2,2-8H3,(H,36,38). The fourth-order valence-corrected chi connectivity index (χ4v) is 6.19. The predicted octanol–water partition coefficient (Wildman–Crippen LogP) is 8.09. The van der Waals surface area contributed by atoms with Gasteiger partial charge in [0.25, 0.3) is 0 Å². The van der Waals surface area contributed by atoms with Crippen LogP contribution in [-0.2, 0) is 29.7 Å². The number of aromatic nitrogens is 2. The number of ether oxygens (including phenoxy) is 1. The third-order valence-corrected chi connectivity index (χ3v) is 8.05. The van der Waals surface area contributed by atoms with Crippen LogP contribution in [-0.4, -0.2) is 33.8 Å². The van der Waals surface area contributed by atoms with E-state index in [1.807, 2.05) is 36.5 Å². The summed E-state index contributed by atoms with van der Waals surface area (Å²) < 4.78 is 38.4. The molecule has 1 N–H and O–H groups in total. The molecule has 230 valence electrons. The number of anilines is 1. The van der Waals surface area contributed by atoms with Gasteiger partial charge in [-0.25, -0.2) is 9.55 Å². The molecule has 10 nitrogen and oxygen atoms in total. The third kappa shape index (κ3) is 8.22. The summed E-state index contributed by atoms with van der Waals surface area (Å²) in [6.07, 6.45) is 4.72. The zero-order chi connectivity index (χ0) is 32.3. The van der Waals surface area contributed by atoms with Crippen molar-refractivity contribution in [2.45, 2.75) is 59.5 Å². The topological polar surface area (TPSA) is 125 Å². The second kappa shape index (κ2) is 12.8. The van der Waals surface area contributed by atoms with Crippen molar-refractivity contribution in [2.75, 3.05) is 12.4 Å². The van der Waals surface area contributed by atoms with E-state index >= 15 is 0 Å². The Kier molecular flexibility index (Phi) is 9.47. The predicted molar refractivity (Wildman–Crippen MR) is 171 cm³/mol. The molecule has 0 aliphatic carbocycles. The maximum atomic E-state index is 13.8. The number of phosphoric ester groups is 1. The molecule has 0 bridgehead atoms. The second-order valence-corrected chi connectivity index (χ2v) is 13.6. The van der Waals surface area contributed by atoms with E-state index in [9.17, 15) is 14.6 Å². The minimum absolute atomic E-state index is 0.179. The molecule has 4 aromatic rings. The molecule has 0 aliphatic heterocycles. The van der Waals surface area contributed by atoms with Gasteiger partial charge in [-0.15, -0.1) is 0 Å². The molecule has 11 heteroatoms. The van der Waals surface area contributed by atoms with Crippen molar-refractivity contribution in [3.8, 4) is 34.1 Å². The van der Waals surface area contributed by atoms with Gasteiger partial charge in [0, 0.05) is 40.7 Å². The van der Waals surface area contributed by atoms with E-state index in [4.69, 9.17) is 23.3 Å². The normalized spacial score (nSPS) is 12.1. The van der Waals surface area contributed by atoms with Gasteiger partial charge in [0.15, 0.2) is 0 Å². The van der Waals surface area contributed by atoms with Gasteiger partial charge < -0.3 is 14.6 Å². The number of methoxy groups -OCH3 is 1. The lowest BCUT2D eigenvalue weighted by molar-refractivity contribution is -0.111. The molecule has 0 saturated carbocycles. The molecule has 0 aliphatic rings. The quantitative estimate of drug-likeness (QED) is 0.140. The molecule has 0 spiro atoms. The molecule has 2 heterocycles. The molecule has 0 saturated heterocycles. The molecule has 0 atom stereocenters. The number of fused-ring (bicyclic) bond motifs is 1. The summed E-state index contributed by atoms with van der Waals surface area (Å²) >= 11 is 0. The van der Waals surface area contributed by atoms with Crippen LogP contribution in [0.2, 0.25) is 0 Å². The van der Waals surface area contributed by atoms with Gasteiger partial charge in [0.1, 0.15) is 18.1 Å². The van der Waals surface area contributed by atoms with E-state index in [0.29, 0.717) is 22.6 Å². The zero-order valence-electron chi connectivity index (χ0n) is 26.0. The van der Waals surface area contributed by atoms with Gasteiger partial charge in [0.05, 0.1) is 29.9 Å². The Morgan fingerprint density at radius 1 is 1.05 bits per heavy atom. The molecule has 1 amide bonds. The number of amides is 1. The minimum atomic E-state index is -4.01. The van der Waals surface area contributed by atoms with Gasteiger partial charge in [-0.3, -0.25) is 18.4 Å². The minimum Gasteiger partial charge on any atom is -0.497 e. The van der Waals surface area contributed by atoms with Gasteiger partial charge in [-0.2, -0.15) is 5.26 Å². The maximum absolute atomic E-state index is 13.8. The first-order valence-electron chi connectivity index (χ1n) is 13.9. The van der Waals surface area contributed by atoms with Crippen molar-refractivity contribution in [1.29, 1.82) is 5.26 Å². The van der Waals surface area contributed by atoms with Crippen LogP contribution >= 0.6 is 7.82 Å². The number of hydrogen-bond acceptors (Lipinski definition) is 8. The first-order valence-corrected chi connectivity index (χ1v) is 15.4. The van der Waals surface area contributed by atoms with E-state index in [-0.39, 0.29) is 12.6 Å². The van der Waals surface area contributed by atoms with Crippen LogP contribution in [0.3, 0.4) is 0 Å². The summed E-state index contributed by atoms with van der Waals surface area (Å²) in [5.74, 6) is 0.195. The number of nitrogens with zero attached hydrogens (tertiary/aromatic N) is 3. The van der Waals surface area contributed by atoms with E-state index in [1.54, 1.807) is 77.6 Å². The Hall–Kier alpha value is -4.26. The number of pyridine rings is 1. The summed E-state index contributed by atoms with van der Waals surface area (Å²) in [5.41, 5.74) is 3.06. The molecule has 0 fully saturated rings. The summed E-state index contributed by atoms with van der Waals surface area (Å²) in [6, 6.07) is 16.7. The molecule has 2 aromatic carbocycles. The largest absolute Gasteiger partial charge is 0.497 e. The average molecular weight is 617 g/mol. The monoisotopic (exact) mass is 616 g/mol. The van der Waals surface area contributed by atoms with Gasteiger partial charge in [-0.05, 0) is 89.1 Å². The fraction of sp³-hybridized carbons (Fsp3) is 0.303. The number of carbonyl (C=O) groups is 1. The SMILES string of the molecule is C=CC(=O)Nc1cc(OC)cc(-c2cnc3c(c2)c(-c2cccc(C#N)c2)cn3COP(=O)(OC(C)(C)C)OC(C)(C)C)c1. The van der Waals surface area contributed by atoms with Crippen molar-refractivity contribution < 1.29 is 27.7 Å². The average Bonchev–Trinajstić information content (AvgIpc) is 3.31. The lowest BCUT2D eigenvalue weighted by atomic mass is 10.0. The third-order valence-electron chi connectivity index (χ3n) is 6.07. The van der Waals surface area contributed by atoms with Crippen LogP contribution in [0.15, 0.2) is 73.6 Å². The van der Waals surface area contributed by atoms with Crippen LogP contribution < -0.4 is 10.1 Å². The van der Waals surface area contributed by atoms with E-state index in [0.717, 1.165) is 27.6 Å². The number of hydrogen-bond donors (Lipinski definition) is 1. The first-order chi connectivity index (χ1) is 20.6. The Morgan fingerprint density at radius 2 is 1.75 bits per heavy atom. The maximum Gasteiger partial charge on any atom is 0.477 e.